The van der Waals surface area contributed by atoms with Gasteiger partial charge in [-0.2, -0.15) is 0 Å². The van der Waals surface area contributed by atoms with Gasteiger partial charge < -0.3 is 0 Å². The molecule has 0 aliphatic heterocycles. The van der Waals surface area contributed by atoms with E-state index in [4.69, 9.17) is 11.6 Å². The smallest absolute Gasteiger partial charge is 0.151 e. The van der Waals surface area contributed by atoms with Crippen LogP contribution in [-0.2, 0) is 6.42 Å². The number of fused-ring (bicyclic) bond motifs is 1. The number of rotatable bonds is 1. The molecule has 2 aromatic rings. The summed E-state index contributed by atoms with van der Waals surface area (Å²) in [4.78, 5) is 13.6. The second-order valence-electron chi connectivity index (χ2n) is 5.06. The van der Waals surface area contributed by atoms with Crippen LogP contribution < -0.4 is 0 Å². The fourth-order valence-corrected chi connectivity index (χ4v) is 2.99. The minimum Gasteiger partial charge on any atom is -0.260 e. The molecule has 0 saturated carbocycles. The first-order valence-electron chi connectivity index (χ1n) is 6.61. The van der Waals surface area contributed by atoms with Crippen LogP contribution in [0, 0.1) is 13.8 Å². The summed E-state index contributed by atoms with van der Waals surface area (Å²) in [6.07, 6.45) is 5.13. The van der Waals surface area contributed by atoms with Crippen molar-refractivity contribution in [3.63, 3.8) is 0 Å². The Hall–Kier alpha value is -1.48. The predicted octanol–water partition coefficient (Wildman–Crippen LogP) is 3.61. The van der Waals surface area contributed by atoms with Crippen molar-refractivity contribution in [2.24, 2.45) is 0 Å². The van der Waals surface area contributed by atoms with Crippen molar-refractivity contribution in [2.75, 3.05) is 0 Å². The van der Waals surface area contributed by atoms with Gasteiger partial charge in [-0.3, -0.25) is 9.97 Å². The molecule has 2 aromatic heterocycles. The van der Waals surface area contributed by atoms with Gasteiger partial charge in [-0.1, -0.05) is 17.7 Å². The lowest BCUT2D eigenvalue weighted by atomic mass is 9.84. The third-order valence-electron chi connectivity index (χ3n) is 3.81. The Labute approximate surface area is 118 Å². The molecular formula is C15H16ClN3. The van der Waals surface area contributed by atoms with Crippen LogP contribution in [0.1, 0.15) is 47.1 Å². The summed E-state index contributed by atoms with van der Waals surface area (Å²) in [6, 6.07) is 4.14. The molecule has 0 bridgehead atoms. The molecule has 0 spiro atoms. The molecule has 0 amide bonds. The largest absolute Gasteiger partial charge is 0.260 e. The van der Waals surface area contributed by atoms with Gasteiger partial charge >= 0.3 is 0 Å². The molecule has 0 saturated heterocycles. The van der Waals surface area contributed by atoms with Crippen LogP contribution in [0.25, 0.3) is 0 Å². The fraction of sp³-hybridized carbons (Fsp3) is 0.400. The van der Waals surface area contributed by atoms with Gasteiger partial charge in [0, 0.05) is 12.1 Å². The Morgan fingerprint density at radius 1 is 1.16 bits per heavy atom. The van der Waals surface area contributed by atoms with Gasteiger partial charge in [-0.15, -0.1) is 0 Å². The number of hydrogen-bond donors (Lipinski definition) is 0. The molecule has 98 valence electrons. The van der Waals surface area contributed by atoms with Gasteiger partial charge in [0.2, 0.25) is 0 Å². The van der Waals surface area contributed by atoms with E-state index in [2.05, 4.69) is 21.0 Å². The number of aryl methyl sites for hydroxylation is 3. The SMILES string of the molecule is Cc1nc(Cl)c(C2CCCc3cccnc32)nc1C. The van der Waals surface area contributed by atoms with E-state index in [1.165, 1.54) is 5.56 Å². The minimum atomic E-state index is 0.184. The van der Waals surface area contributed by atoms with Gasteiger partial charge in [0.25, 0.3) is 0 Å². The molecule has 1 unspecified atom stereocenters. The lowest BCUT2D eigenvalue weighted by molar-refractivity contribution is 0.584. The highest BCUT2D eigenvalue weighted by Crippen LogP contribution is 2.36. The number of pyridine rings is 1. The predicted molar refractivity (Wildman–Crippen MR) is 75.5 cm³/mol. The summed E-state index contributed by atoms with van der Waals surface area (Å²) in [5.41, 5.74) is 5.15. The molecule has 0 radical (unpaired) electrons. The molecule has 1 atom stereocenters. The van der Waals surface area contributed by atoms with E-state index in [-0.39, 0.29) is 5.92 Å². The van der Waals surface area contributed by atoms with Crippen LogP contribution in [0.5, 0.6) is 0 Å². The van der Waals surface area contributed by atoms with Crippen molar-refractivity contribution in [2.45, 2.75) is 39.0 Å². The molecule has 1 aliphatic carbocycles. The lowest BCUT2D eigenvalue weighted by Gasteiger charge is -2.24. The molecule has 0 fully saturated rings. The summed E-state index contributed by atoms with van der Waals surface area (Å²) >= 11 is 6.30. The Morgan fingerprint density at radius 2 is 1.95 bits per heavy atom. The van der Waals surface area contributed by atoms with Crippen molar-refractivity contribution in [3.05, 3.63) is 51.8 Å². The summed E-state index contributed by atoms with van der Waals surface area (Å²) in [5.74, 6) is 0.184. The van der Waals surface area contributed by atoms with Crippen molar-refractivity contribution < 1.29 is 0 Å². The summed E-state index contributed by atoms with van der Waals surface area (Å²) in [7, 11) is 0. The van der Waals surface area contributed by atoms with Crippen molar-refractivity contribution >= 4 is 11.6 Å². The highest BCUT2D eigenvalue weighted by Gasteiger charge is 2.26. The molecular weight excluding hydrogens is 258 g/mol. The number of hydrogen-bond acceptors (Lipinski definition) is 3. The topological polar surface area (TPSA) is 38.7 Å². The first-order chi connectivity index (χ1) is 9.16. The molecule has 3 rings (SSSR count). The third-order valence-corrected chi connectivity index (χ3v) is 4.09. The van der Waals surface area contributed by atoms with E-state index in [1.54, 1.807) is 0 Å². The molecule has 4 heteroatoms. The summed E-state index contributed by atoms with van der Waals surface area (Å²) in [5, 5.41) is 0.520. The van der Waals surface area contributed by atoms with Gasteiger partial charge in [-0.05, 0) is 44.7 Å². The van der Waals surface area contributed by atoms with E-state index in [9.17, 15) is 0 Å². The van der Waals surface area contributed by atoms with Crippen LogP contribution in [-0.4, -0.2) is 15.0 Å². The van der Waals surface area contributed by atoms with Crippen LogP contribution in [0.2, 0.25) is 5.15 Å². The van der Waals surface area contributed by atoms with E-state index < -0.39 is 0 Å². The zero-order valence-corrected chi connectivity index (χ0v) is 11.9. The Balaban J connectivity index is 2.11. The quantitative estimate of drug-likeness (QED) is 0.797. The highest BCUT2D eigenvalue weighted by atomic mass is 35.5. The van der Waals surface area contributed by atoms with E-state index in [0.717, 1.165) is 42.0 Å². The average molecular weight is 274 g/mol. The molecule has 0 N–H and O–H groups in total. The maximum absolute atomic E-state index is 6.30. The van der Waals surface area contributed by atoms with E-state index in [0.29, 0.717) is 5.15 Å². The van der Waals surface area contributed by atoms with Crippen LogP contribution >= 0.6 is 11.6 Å². The van der Waals surface area contributed by atoms with Crippen molar-refractivity contribution in [3.8, 4) is 0 Å². The van der Waals surface area contributed by atoms with E-state index >= 15 is 0 Å². The summed E-state index contributed by atoms with van der Waals surface area (Å²) in [6.45, 7) is 3.91. The number of halogens is 1. The van der Waals surface area contributed by atoms with Gasteiger partial charge in [0.05, 0.1) is 22.8 Å². The first kappa shape index (κ1) is 12.5. The zero-order valence-electron chi connectivity index (χ0n) is 11.2. The number of nitrogens with zero attached hydrogens (tertiary/aromatic N) is 3. The van der Waals surface area contributed by atoms with Crippen LogP contribution in [0.3, 0.4) is 0 Å². The Bertz CT molecular complexity index is 625. The fourth-order valence-electron chi connectivity index (χ4n) is 2.69. The molecule has 0 aromatic carbocycles. The van der Waals surface area contributed by atoms with Gasteiger partial charge in [0.15, 0.2) is 5.15 Å². The van der Waals surface area contributed by atoms with Gasteiger partial charge in [-0.25, -0.2) is 4.98 Å². The zero-order chi connectivity index (χ0) is 13.4. The second kappa shape index (κ2) is 4.89. The summed E-state index contributed by atoms with van der Waals surface area (Å²) < 4.78 is 0. The van der Waals surface area contributed by atoms with Crippen LogP contribution in [0.15, 0.2) is 18.3 Å². The maximum atomic E-state index is 6.30. The Kier molecular flexibility index (Phi) is 3.23. The number of aromatic nitrogens is 3. The normalized spacial score (nSPS) is 18.2. The molecule has 1 aliphatic rings. The molecule has 2 heterocycles. The second-order valence-corrected chi connectivity index (χ2v) is 5.42. The maximum Gasteiger partial charge on any atom is 0.151 e. The third kappa shape index (κ3) is 2.23. The van der Waals surface area contributed by atoms with Crippen molar-refractivity contribution in [1.82, 2.24) is 15.0 Å². The van der Waals surface area contributed by atoms with E-state index in [1.807, 2.05) is 26.1 Å². The van der Waals surface area contributed by atoms with Gasteiger partial charge in [0.1, 0.15) is 0 Å². The first-order valence-corrected chi connectivity index (χ1v) is 6.99. The Morgan fingerprint density at radius 3 is 2.79 bits per heavy atom. The average Bonchev–Trinajstić information content (AvgIpc) is 2.42. The minimum absolute atomic E-state index is 0.184. The van der Waals surface area contributed by atoms with Crippen LogP contribution in [0.4, 0.5) is 0 Å². The molecule has 3 nitrogen and oxygen atoms in total. The lowest BCUT2D eigenvalue weighted by Crippen LogP contribution is -2.15. The van der Waals surface area contributed by atoms with Crippen molar-refractivity contribution in [1.29, 1.82) is 0 Å². The monoisotopic (exact) mass is 273 g/mol. The highest BCUT2D eigenvalue weighted by molar-refractivity contribution is 6.30. The molecule has 19 heavy (non-hydrogen) atoms. The standard InChI is InChI=1S/C15H16ClN3/c1-9-10(2)19-15(16)14(18-9)12-7-3-5-11-6-4-8-17-13(11)12/h4,6,8,12H,3,5,7H2,1-2H3.